The summed E-state index contributed by atoms with van der Waals surface area (Å²) in [6.45, 7) is 1.39. The molecule has 8 heteroatoms. The molecule has 0 spiro atoms. The van der Waals surface area contributed by atoms with Gasteiger partial charge in [-0.05, 0) is 12.1 Å². The molecule has 1 heterocycles. The molecule has 0 aliphatic rings. The van der Waals surface area contributed by atoms with Gasteiger partial charge in [-0.15, -0.1) is 11.3 Å². The first kappa shape index (κ1) is 13.7. The second-order valence-corrected chi connectivity index (χ2v) is 6.00. The Morgan fingerprint density at radius 3 is 2.47 bits per heavy atom. The van der Waals surface area contributed by atoms with Crippen LogP contribution in [0, 0.1) is 0 Å². The van der Waals surface area contributed by atoms with Gasteiger partial charge in [0, 0.05) is 17.9 Å². The van der Waals surface area contributed by atoms with E-state index in [1.165, 1.54) is 42.5 Å². The van der Waals surface area contributed by atoms with Crippen LogP contribution < -0.4 is 5.32 Å². The van der Waals surface area contributed by atoms with Gasteiger partial charge in [-0.3, -0.25) is 9.35 Å². The Morgan fingerprint density at radius 2 is 1.95 bits per heavy atom. The molecule has 2 N–H and O–H groups in total. The van der Waals surface area contributed by atoms with Crippen molar-refractivity contribution in [2.24, 2.45) is 0 Å². The van der Waals surface area contributed by atoms with E-state index in [9.17, 15) is 13.2 Å². The molecule has 2 aromatic rings. The number of benzene rings is 1. The molecule has 0 saturated carbocycles. The maximum absolute atomic E-state index is 10.9. The van der Waals surface area contributed by atoms with Crippen LogP contribution in [0.5, 0.6) is 0 Å². The topological polar surface area (TPSA) is 96.4 Å². The van der Waals surface area contributed by atoms with Crippen molar-refractivity contribution in [3.05, 3.63) is 29.6 Å². The summed E-state index contributed by atoms with van der Waals surface area (Å²) in [7, 11) is -4.19. The summed E-state index contributed by atoms with van der Waals surface area (Å²) in [5.74, 6) is -0.206. The molecule has 100 valence electrons. The minimum atomic E-state index is -4.19. The number of nitrogens with zero attached hydrogens (tertiary/aromatic N) is 1. The number of carbonyl (C=O) groups excluding carboxylic acids is 1. The minimum Gasteiger partial charge on any atom is -0.302 e. The van der Waals surface area contributed by atoms with Gasteiger partial charge in [0.25, 0.3) is 10.1 Å². The average Bonchev–Trinajstić information content (AvgIpc) is 2.75. The van der Waals surface area contributed by atoms with E-state index in [0.717, 1.165) is 0 Å². The Labute approximate surface area is 113 Å². The van der Waals surface area contributed by atoms with E-state index >= 15 is 0 Å². The first-order valence-corrected chi connectivity index (χ1v) is 7.49. The van der Waals surface area contributed by atoms with Gasteiger partial charge in [0.1, 0.15) is 0 Å². The lowest BCUT2D eigenvalue weighted by Crippen LogP contribution is -2.04. The second-order valence-electron chi connectivity index (χ2n) is 3.72. The van der Waals surface area contributed by atoms with Crippen LogP contribution in [0.3, 0.4) is 0 Å². The smallest absolute Gasteiger partial charge is 0.294 e. The van der Waals surface area contributed by atoms with Crippen molar-refractivity contribution in [1.29, 1.82) is 0 Å². The third kappa shape index (κ3) is 3.37. The summed E-state index contributed by atoms with van der Waals surface area (Å²) < 4.78 is 30.7. The third-order valence-corrected chi connectivity index (χ3v) is 3.86. The lowest BCUT2D eigenvalue weighted by atomic mass is 10.2. The van der Waals surface area contributed by atoms with Gasteiger partial charge < -0.3 is 5.32 Å². The molecule has 0 fully saturated rings. The van der Waals surface area contributed by atoms with E-state index in [-0.39, 0.29) is 10.8 Å². The number of aromatic nitrogens is 1. The van der Waals surface area contributed by atoms with Crippen molar-refractivity contribution in [2.45, 2.75) is 11.8 Å². The van der Waals surface area contributed by atoms with Crippen molar-refractivity contribution in [2.75, 3.05) is 5.32 Å². The largest absolute Gasteiger partial charge is 0.302 e. The Kier molecular flexibility index (Phi) is 3.65. The molecule has 1 amide bonds. The van der Waals surface area contributed by atoms with Gasteiger partial charge in [0.05, 0.1) is 10.6 Å². The fourth-order valence-electron chi connectivity index (χ4n) is 1.41. The van der Waals surface area contributed by atoms with Crippen molar-refractivity contribution in [3.8, 4) is 11.3 Å². The van der Waals surface area contributed by atoms with Crippen LogP contribution in [0.1, 0.15) is 6.92 Å². The fourth-order valence-corrected chi connectivity index (χ4v) is 2.66. The molecule has 1 aromatic carbocycles. The van der Waals surface area contributed by atoms with Gasteiger partial charge in [-0.25, -0.2) is 4.98 Å². The van der Waals surface area contributed by atoms with Crippen LogP contribution in [-0.4, -0.2) is 23.9 Å². The zero-order chi connectivity index (χ0) is 14.0. The van der Waals surface area contributed by atoms with E-state index in [2.05, 4.69) is 10.3 Å². The maximum atomic E-state index is 10.9. The highest BCUT2D eigenvalue weighted by molar-refractivity contribution is 7.85. The van der Waals surface area contributed by atoms with E-state index < -0.39 is 10.1 Å². The van der Waals surface area contributed by atoms with Crippen LogP contribution in [0.25, 0.3) is 11.3 Å². The van der Waals surface area contributed by atoms with Gasteiger partial charge in [-0.1, -0.05) is 12.1 Å². The number of rotatable bonds is 3. The lowest BCUT2D eigenvalue weighted by molar-refractivity contribution is -0.114. The summed E-state index contributed by atoms with van der Waals surface area (Å²) in [5.41, 5.74) is 1.32. The molecule has 6 nitrogen and oxygen atoms in total. The molecule has 0 aliphatic heterocycles. The Hall–Kier alpha value is -1.77. The van der Waals surface area contributed by atoms with E-state index in [1.54, 1.807) is 5.38 Å². The van der Waals surface area contributed by atoms with Gasteiger partial charge >= 0.3 is 0 Å². The molecule has 2 rings (SSSR count). The fraction of sp³-hybridized carbons (Fsp3) is 0.0909. The van der Waals surface area contributed by atoms with Gasteiger partial charge in [0.2, 0.25) is 5.91 Å². The van der Waals surface area contributed by atoms with Crippen LogP contribution in [0.15, 0.2) is 34.5 Å². The number of thiazole rings is 1. The minimum absolute atomic E-state index is 0.173. The Balaban J connectivity index is 2.27. The predicted octanol–water partition coefficient (Wildman–Crippen LogP) is 2.02. The Bertz CT molecular complexity index is 705. The lowest BCUT2D eigenvalue weighted by Gasteiger charge is -1.99. The third-order valence-electron chi connectivity index (χ3n) is 2.24. The molecule has 1 aromatic heterocycles. The second kappa shape index (κ2) is 5.08. The van der Waals surface area contributed by atoms with Crippen LogP contribution in [0.4, 0.5) is 5.13 Å². The maximum Gasteiger partial charge on any atom is 0.294 e. The number of hydrogen-bond donors (Lipinski definition) is 2. The molecule has 0 radical (unpaired) electrons. The van der Waals surface area contributed by atoms with E-state index in [4.69, 9.17) is 4.55 Å². The molecular weight excluding hydrogens is 288 g/mol. The van der Waals surface area contributed by atoms with Crippen LogP contribution in [-0.2, 0) is 14.9 Å². The normalized spacial score (nSPS) is 11.3. The van der Waals surface area contributed by atoms with Crippen molar-refractivity contribution in [3.63, 3.8) is 0 Å². The summed E-state index contributed by atoms with van der Waals surface area (Å²) >= 11 is 1.27. The highest BCUT2D eigenvalue weighted by atomic mass is 32.2. The zero-order valence-corrected chi connectivity index (χ0v) is 11.5. The summed E-state index contributed by atoms with van der Waals surface area (Å²) in [5, 5.41) is 4.78. The predicted molar refractivity (Wildman–Crippen MR) is 71.7 cm³/mol. The van der Waals surface area contributed by atoms with Gasteiger partial charge in [-0.2, -0.15) is 8.42 Å². The van der Waals surface area contributed by atoms with Crippen LogP contribution in [0.2, 0.25) is 0 Å². The van der Waals surface area contributed by atoms with Crippen molar-refractivity contribution >= 4 is 32.5 Å². The first-order chi connectivity index (χ1) is 8.86. The number of amides is 1. The molecule has 0 unspecified atom stereocenters. The highest BCUT2D eigenvalue weighted by Crippen LogP contribution is 2.25. The number of nitrogens with one attached hydrogen (secondary N) is 1. The SMILES string of the molecule is CC(=O)Nc1nc(-c2ccc(S(=O)(=O)O)cc2)cs1. The van der Waals surface area contributed by atoms with E-state index in [1.807, 2.05) is 0 Å². The molecule has 0 atom stereocenters. The van der Waals surface area contributed by atoms with Crippen molar-refractivity contribution in [1.82, 2.24) is 4.98 Å². The summed E-state index contributed by atoms with van der Waals surface area (Å²) in [6, 6.07) is 5.66. The standard InChI is InChI=1S/C11H10N2O4S2/c1-7(14)12-11-13-10(6-18-11)8-2-4-9(5-3-8)19(15,16)17/h2-6H,1H3,(H,12,13,14)(H,15,16,17). The summed E-state index contributed by atoms with van der Waals surface area (Å²) in [4.78, 5) is 14.9. The highest BCUT2D eigenvalue weighted by Gasteiger charge is 2.10. The summed E-state index contributed by atoms with van der Waals surface area (Å²) in [6.07, 6.45) is 0. The molecular formula is C11H10N2O4S2. The number of carbonyl (C=O) groups is 1. The molecule has 0 saturated heterocycles. The number of anilines is 1. The number of hydrogen-bond acceptors (Lipinski definition) is 5. The average molecular weight is 298 g/mol. The molecule has 0 bridgehead atoms. The van der Waals surface area contributed by atoms with Crippen molar-refractivity contribution < 1.29 is 17.8 Å². The van der Waals surface area contributed by atoms with Crippen LogP contribution >= 0.6 is 11.3 Å². The van der Waals surface area contributed by atoms with Gasteiger partial charge in [0.15, 0.2) is 5.13 Å². The van der Waals surface area contributed by atoms with E-state index in [0.29, 0.717) is 16.4 Å². The monoisotopic (exact) mass is 298 g/mol. The zero-order valence-electron chi connectivity index (χ0n) is 9.82. The quantitative estimate of drug-likeness (QED) is 0.845. The molecule has 19 heavy (non-hydrogen) atoms. The first-order valence-electron chi connectivity index (χ1n) is 5.17. The Morgan fingerprint density at radius 1 is 1.32 bits per heavy atom. The molecule has 0 aliphatic carbocycles.